The van der Waals surface area contributed by atoms with Crippen molar-refractivity contribution in [3.8, 4) is 10.6 Å². The Kier molecular flexibility index (Phi) is 4.81. The van der Waals surface area contributed by atoms with Crippen LogP contribution in [0.1, 0.15) is 16.8 Å². The van der Waals surface area contributed by atoms with Crippen LogP contribution in [0.4, 0.5) is 9.52 Å². The van der Waals surface area contributed by atoms with Crippen LogP contribution in [-0.4, -0.2) is 34.9 Å². The lowest BCUT2D eigenvalue weighted by Crippen LogP contribution is -2.38. The maximum atomic E-state index is 14.1. The van der Waals surface area contributed by atoms with Crippen LogP contribution in [0.5, 0.6) is 0 Å². The van der Waals surface area contributed by atoms with E-state index in [1.54, 1.807) is 23.5 Å². The topological polar surface area (TPSA) is 51.1 Å². The van der Waals surface area contributed by atoms with Crippen LogP contribution < -0.4 is 4.90 Å². The third-order valence-electron chi connectivity index (χ3n) is 3.82. The van der Waals surface area contributed by atoms with Gasteiger partial charge in [-0.2, -0.15) is 0 Å². The van der Waals surface area contributed by atoms with Gasteiger partial charge in [-0.1, -0.05) is 27.3 Å². The lowest BCUT2D eigenvalue weighted by atomic mass is 10.2. The van der Waals surface area contributed by atoms with E-state index in [0.717, 1.165) is 26.9 Å². The van der Waals surface area contributed by atoms with E-state index in [1.165, 1.54) is 17.4 Å². The van der Waals surface area contributed by atoms with Crippen molar-refractivity contribution in [3.05, 3.63) is 44.6 Å². The van der Waals surface area contributed by atoms with Gasteiger partial charge in [-0.15, -0.1) is 21.5 Å². The van der Waals surface area contributed by atoms with Crippen LogP contribution in [-0.2, 0) is 4.74 Å². The quantitative estimate of drug-likeness (QED) is 0.601. The summed E-state index contributed by atoms with van der Waals surface area (Å²) in [6, 6.07) is 4.82. The van der Waals surface area contributed by atoms with Crippen molar-refractivity contribution in [3.63, 3.8) is 0 Å². The van der Waals surface area contributed by atoms with Crippen molar-refractivity contribution >= 4 is 43.7 Å². The van der Waals surface area contributed by atoms with Crippen LogP contribution in [0.25, 0.3) is 10.6 Å². The fourth-order valence-corrected chi connectivity index (χ4v) is 4.70. The number of rotatable bonds is 3. The van der Waals surface area contributed by atoms with E-state index >= 15 is 0 Å². The van der Waals surface area contributed by atoms with E-state index in [2.05, 4.69) is 36.0 Å². The van der Waals surface area contributed by atoms with Crippen LogP contribution in [0.3, 0.4) is 0 Å². The van der Waals surface area contributed by atoms with Crippen LogP contribution in [0.15, 0.2) is 28.1 Å². The average molecular weight is 441 g/mol. The Morgan fingerprint density at radius 2 is 2.24 bits per heavy atom. The molecule has 25 heavy (non-hydrogen) atoms. The Morgan fingerprint density at radius 3 is 3.04 bits per heavy atom. The van der Waals surface area contributed by atoms with Crippen molar-refractivity contribution < 1.29 is 9.13 Å². The number of ether oxygens (including phenoxy) is 1. The molecule has 1 aliphatic heterocycles. The van der Waals surface area contributed by atoms with Crippen LogP contribution in [0.2, 0.25) is 0 Å². The summed E-state index contributed by atoms with van der Waals surface area (Å²) in [7, 11) is 0. The van der Waals surface area contributed by atoms with Crippen molar-refractivity contribution in [1.82, 2.24) is 15.2 Å². The van der Waals surface area contributed by atoms with E-state index in [1.807, 2.05) is 12.3 Å². The summed E-state index contributed by atoms with van der Waals surface area (Å²) < 4.78 is 20.7. The van der Waals surface area contributed by atoms with Gasteiger partial charge in [0.25, 0.3) is 0 Å². The molecule has 1 fully saturated rings. The fraction of sp³-hybridized carbons (Fsp3) is 0.312. The van der Waals surface area contributed by atoms with Crippen LogP contribution in [0, 0.1) is 12.7 Å². The van der Waals surface area contributed by atoms with Gasteiger partial charge < -0.3 is 9.64 Å². The van der Waals surface area contributed by atoms with Crippen molar-refractivity contribution in [2.24, 2.45) is 0 Å². The first-order valence-electron chi connectivity index (χ1n) is 7.67. The molecule has 0 N–H and O–H groups in total. The van der Waals surface area contributed by atoms with Gasteiger partial charge in [-0.25, -0.2) is 9.37 Å². The number of morpholine rings is 1. The number of aromatic nitrogens is 3. The molecule has 3 aromatic rings. The lowest BCUT2D eigenvalue weighted by molar-refractivity contribution is 0.0395. The van der Waals surface area contributed by atoms with Gasteiger partial charge in [0.05, 0.1) is 13.2 Å². The molecule has 5 nitrogen and oxygen atoms in total. The Balaban J connectivity index is 1.56. The standard InChI is InChI=1S/C16H14BrFN4OS2/c1-9-8-24-15(19-9)13-7-22(4-5-23-13)16-21-20-14(25-16)11-6-10(17)2-3-12(11)18/h2-3,6,8,13H,4-5,7H2,1H3. The minimum atomic E-state index is -0.302. The summed E-state index contributed by atoms with van der Waals surface area (Å²) in [5, 5.41) is 12.8. The van der Waals surface area contributed by atoms with E-state index in [4.69, 9.17) is 4.74 Å². The number of thiazole rings is 1. The molecular formula is C16H14BrFN4OS2. The molecule has 2 aromatic heterocycles. The second-order valence-electron chi connectivity index (χ2n) is 5.65. The van der Waals surface area contributed by atoms with Gasteiger partial charge in [-0.05, 0) is 25.1 Å². The van der Waals surface area contributed by atoms with Gasteiger partial charge >= 0.3 is 0 Å². The molecule has 1 unspecified atom stereocenters. The summed E-state index contributed by atoms with van der Waals surface area (Å²) in [4.78, 5) is 6.64. The molecule has 1 atom stereocenters. The third kappa shape index (κ3) is 3.59. The second-order valence-corrected chi connectivity index (χ2v) is 8.41. The zero-order valence-corrected chi connectivity index (χ0v) is 16.5. The van der Waals surface area contributed by atoms with Crippen molar-refractivity contribution in [2.75, 3.05) is 24.6 Å². The molecule has 0 saturated carbocycles. The molecule has 4 rings (SSSR count). The number of benzene rings is 1. The molecule has 0 aliphatic carbocycles. The summed E-state index contributed by atoms with van der Waals surface area (Å²) in [6.45, 7) is 3.98. The monoisotopic (exact) mass is 440 g/mol. The van der Waals surface area contributed by atoms with Crippen molar-refractivity contribution in [1.29, 1.82) is 0 Å². The molecule has 3 heterocycles. The number of anilines is 1. The second kappa shape index (κ2) is 7.06. The number of aryl methyl sites for hydroxylation is 1. The molecule has 130 valence electrons. The molecule has 0 radical (unpaired) electrons. The molecule has 9 heteroatoms. The van der Waals surface area contributed by atoms with E-state index in [0.29, 0.717) is 23.7 Å². The minimum absolute atomic E-state index is 0.0672. The summed E-state index contributed by atoms with van der Waals surface area (Å²) in [5.74, 6) is -0.302. The van der Waals surface area contributed by atoms with Gasteiger partial charge in [0, 0.05) is 27.7 Å². The molecule has 0 amide bonds. The zero-order chi connectivity index (χ0) is 17.4. The predicted octanol–water partition coefficient (Wildman–Crippen LogP) is 4.45. The maximum absolute atomic E-state index is 14.1. The Morgan fingerprint density at radius 1 is 1.36 bits per heavy atom. The molecule has 1 aliphatic rings. The maximum Gasteiger partial charge on any atom is 0.208 e. The molecule has 1 aromatic carbocycles. The minimum Gasteiger partial charge on any atom is -0.367 e. The normalized spacial score (nSPS) is 17.9. The van der Waals surface area contributed by atoms with Gasteiger partial charge in [0.15, 0.2) is 5.01 Å². The number of hydrogen-bond acceptors (Lipinski definition) is 7. The number of halogens is 2. The van der Waals surface area contributed by atoms with Gasteiger partial charge in [0.2, 0.25) is 5.13 Å². The Labute approximate surface area is 160 Å². The first-order valence-corrected chi connectivity index (χ1v) is 10.2. The highest BCUT2D eigenvalue weighted by Crippen LogP contribution is 2.34. The molecular weight excluding hydrogens is 427 g/mol. The number of nitrogens with zero attached hydrogens (tertiary/aromatic N) is 4. The van der Waals surface area contributed by atoms with Gasteiger partial charge in [0.1, 0.15) is 16.9 Å². The molecule has 1 saturated heterocycles. The van der Waals surface area contributed by atoms with Gasteiger partial charge in [-0.3, -0.25) is 0 Å². The van der Waals surface area contributed by atoms with E-state index in [-0.39, 0.29) is 11.9 Å². The summed E-state index contributed by atoms with van der Waals surface area (Å²) >= 11 is 6.37. The van der Waals surface area contributed by atoms with Crippen LogP contribution >= 0.6 is 38.6 Å². The zero-order valence-electron chi connectivity index (χ0n) is 13.3. The van der Waals surface area contributed by atoms with E-state index in [9.17, 15) is 4.39 Å². The highest BCUT2D eigenvalue weighted by molar-refractivity contribution is 9.10. The SMILES string of the molecule is Cc1csc(C2CN(c3nnc(-c4cc(Br)ccc4F)s3)CCO2)n1. The first-order chi connectivity index (χ1) is 12.1. The number of hydrogen-bond donors (Lipinski definition) is 0. The Hall–Kier alpha value is -1.42. The largest absolute Gasteiger partial charge is 0.367 e. The van der Waals surface area contributed by atoms with Crippen molar-refractivity contribution in [2.45, 2.75) is 13.0 Å². The lowest BCUT2D eigenvalue weighted by Gasteiger charge is -2.31. The fourth-order valence-electron chi connectivity index (χ4n) is 2.61. The smallest absolute Gasteiger partial charge is 0.208 e. The Bertz CT molecular complexity index is 900. The molecule has 0 bridgehead atoms. The third-order valence-corrected chi connectivity index (χ3v) is 6.39. The highest BCUT2D eigenvalue weighted by Gasteiger charge is 2.26. The summed E-state index contributed by atoms with van der Waals surface area (Å²) in [5.41, 5.74) is 1.46. The highest BCUT2D eigenvalue weighted by atomic mass is 79.9. The van der Waals surface area contributed by atoms with E-state index < -0.39 is 0 Å². The average Bonchev–Trinajstić information content (AvgIpc) is 3.26. The summed E-state index contributed by atoms with van der Waals surface area (Å²) in [6.07, 6.45) is -0.0672. The molecule has 0 spiro atoms. The first kappa shape index (κ1) is 17.0. The predicted molar refractivity (Wildman–Crippen MR) is 101 cm³/mol.